The summed E-state index contributed by atoms with van der Waals surface area (Å²) in [6.07, 6.45) is 7.76. The molecule has 0 atom stereocenters. The van der Waals surface area contributed by atoms with Gasteiger partial charge in [-0.1, -0.05) is 0 Å². The van der Waals surface area contributed by atoms with Gasteiger partial charge in [0.25, 0.3) is 5.91 Å². The number of amides is 1. The molecule has 98 valence electrons. The van der Waals surface area contributed by atoms with Crippen molar-refractivity contribution < 1.29 is 4.79 Å². The average Bonchev–Trinajstić information content (AvgIpc) is 3.20. The maximum atomic E-state index is 12.2. The number of pyridine rings is 1. The molecular weight excluding hydrogens is 306 g/mol. The first kappa shape index (κ1) is 12.4. The summed E-state index contributed by atoms with van der Waals surface area (Å²) in [5, 5.41) is 2.94. The maximum Gasteiger partial charge on any atom is 0.268 e. The number of hydrogen-bond acceptors (Lipinski definition) is 2. The topological polar surface area (TPSA) is 46.9 Å². The molecule has 0 radical (unpaired) electrons. The molecule has 1 aliphatic rings. The van der Waals surface area contributed by atoms with Gasteiger partial charge < -0.3 is 9.88 Å². The minimum absolute atomic E-state index is 0.0330. The van der Waals surface area contributed by atoms with Gasteiger partial charge in [0.2, 0.25) is 0 Å². The summed E-state index contributed by atoms with van der Waals surface area (Å²) in [6.45, 7) is 0.523. The zero-order chi connectivity index (χ0) is 13.2. The van der Waals surface area contributed by atoms with E-state index in [-0.39, 0.29) is 5.91 Å². The van der Waals surface area contributed by atoms with E-state index < -0.39 is 0 Å². The molecule has 2 aromatic heterocycles. The van der Waals surface area contributed by atoms with E-state index in [1.165, 1.54) is 0 Å². The zero-order valence-corrected chi connectivity index (χ0v) is 11.9. The molecule has 0 saturated heterocycles. The average molecular weight is 320 g/mol. The smallest absolute Gasteiger partial charge is 0.268 e. The van der Waals surface area contributed by atoms with Crippen LogP contribution in [-0.2, 0) is 6.54 Å². The van der Waals surface area contributed by atoms with Crippen molar-refractivity contribution in [1.82, 2.24) is 14.9 Å². The van der Waals surface area contributed by atoms with Crippen LogP contribution in [0.1, 0.15) is 34.9 Å². The Morgan fingerprint density at radius 2 is 2.16 bits per heavy atom. The largest absolute Gasteiger partial charge is 0.347 e. The molecule has 0 aromatic carbocycles. The molecule has 4 nitrogen and oxygen atoms in total. The van der Waals surface area contributed by atoms with Crippen LogP contribution in [-0.4, -0.2) is 15.5 Å². The highest BCUT2D eigenvalue weighted by atomic mass is 79.9. The van der Waals surface area contributed by atoms with Crippen molar-refractivity contribution in [2.45, 2.75) is 25.4 Å². The number of nitrogens with one attached hydrogen (secondary N) is 1. The van der Waals surface area contributed by atoms with Gasteiger partial charge in [-0.05, 0) is 52.5 Å². The SMILES string of the molecule is O=C(NCc1ccncc1)c1cc(Br)cn1C1CC1. The number of nitrogens with zero attached hydrogens (tertiary/aromatic N) is 2. The van der Waals surface area contributed by atoms with E-state index in [4.69, 9.17) is 0 Å². The summed E-state index contributed by atoms with van der Waals surface area (Å²) >= 11 is 3.43. The van der Waals surface area contributed by atoms with Crippen molar-refractivity contribution in [3.63, 3.8) is 0 Å². The Morgan fingerprint density at radius 1 is 1.42 bits per heavy atom. The minimum Gasteiger partial charge on any atom is -0.347 e. The Labute approximate surface area is 120 Å². The second kappa shape index (κ2) is 5.17. The molecule has 19 heavy (non-hydrogen) atoms. The summed E-state index contributed by atoms with van der Waals surface area (Å²) in [6, 6.07) is 6.17. The Kier molecular flexibility index (Phi) is 3.38. The molecule has 0 aliphatic heterocycles. The van der Waals surface area contributed by atoms with E-state index in [9.17, 15) is 4.79 Å². The number of carbonyl (C=O) groups is 1. The van der Waals surface area contributed by atoms with E-state index in [2.05, 4.69) is 30.8 Å². The first-order chi connectivity index (χ1) is 9.24. The highest BCUT2D eigenvalue weighted by Crippen LogP contribution is 2.37. The third kappa shape index (κ3) is 2.87. The Morgan fingerprint density at radius 3 is 2.84 bits per heavy atom. The van der Waals surface area contributed by atoms with Crippen LogP contribution in [0.3, 0.4) is 0 Å². The predicted octanol–water partition coefficient (Wildman–Crippen LogP) is 2.91. The van der Waals surface area contributed by atoms with Crippen molar-refractivity contribution >= 4 is 21.8 Å². The molecule has 2 heterocycles. The number of rotatable bonds is 4. The molecule has 1 saturated carbocycles. The van der Waals surface area contributed by atoms with E-state index in [0.717, 1.165) is 28.6 Å². The lowest BCUT2D eigenvalue weighted by Crippen LogP contribution is -2.25. The van der Waals surface area contributed by atoms with E-state index in [0.29, 0.717) is 12.6 Å². The normalized spacial score (nSPS) is 14.4. The molecule has 1 aliphatic carbocycles. The van der Waals surface area contributed by atoms with Crippen molar-refractivity contribution in [1.29, 1.82) is 0 Å². The van der Waals surface area contributed by atoms with Crippen LogP contribution in [0.5, 0.6) is 0 Å². The van der Waals surface area contributed by atoms with Gasteiger partial charge in [-0.25, -0.2) is 0 Å². The summed E-state index contributed by atoms with van der Waals surface area (Å²) in [7, 11) is 0. The van der Waals surface area contributed by atoms with Crippen LogP contribution in [0.2, 0.25) is 0 Å². The highest BCUT2D eigenvalue weighted by Gasteiger charge is 2.27. The fourth-order valence-corrected chi connectivity index (χ4v) is 2.49. The van der Waals surface area contributed by atoms with E-state index >= 15 is 0 Å². The van der Waals surface area contributed by atoms with E-state index in [1.807, 2.05) is 24.4 Å². The highest BCUT2D eigenvalue weighted by molar-refractivity contribution is 9.10. The Bertz CT molecular complexity index is 590. The quantitative estimate of drug-likeness (QED) is 0.941. The van der Waals surface area contributed by atoms with Gasteiger partial charge in [0.15, 0.2) is 0 Å². The van der Waals surface area contributed by atoms with Crippen LogP contribution in [0, 0.1) is 0 Å². The Hall–Kier alpha value is -1.62. The van der Waals surface area contributed by atoms with Crippen molar-refractivity contribution in [2.24, 2.45) is 0 Å². The molecule has 5 heteroatoms. The number of halogens is 1. The van der Waals surface area contributed by atoms with Gasteiger partial charge in [0, 0.05) is 35.6 Å². The van der Waals surface area contributed by atoms with Gasteiger partial charge in [-0.15, -0.1) is 0 Å². The monoisotopic (exact) mass is 319 g/mol. The van der Waals surface area contributed by atoms with Gasteiger partial charge >= 0.3 is 0 Å². The lowest BCUT2D eigenvalue weighted by atomic mass is 10.2. The first-order valence-electron chi connectivity index (χ1n) is 6.28. The first-order valence-corrected chi connectivity index (χ1v) is 7.08. The van der Waals surface area contributed by atoms with Crippen LogP contribution in [0.25, 0.3) is 0 Å². The Balaban J connectivity index is 1.70. The second-order valence-corrected chi connectivity index (χ2v) is 5.64. The van der Waals surface area contributed by atoms with Gasteiger partial charge in [-0.3, -0.25) is 9.78 Å². The van der Waals surface area contributed by atoms with Crippen LogP contribution in [0.4, 0.5) is 0 Å². The number of hydrogen-bond donors (Lipinski definition) is 1. The van der Waals surface area contributed by atoms with Crippen LogP contribution >= 0.6 is 15.9 Å². The van der Waals surface area contributed by atoms with Crippen molar-refractivity contribution in [3.8, 4) is 0 Å². The fourth-order valence-electron chi connectivity index (χ4n) is 2.06. The summed E-state index contributed by atoms with van der Waals surface area (Å²) in [5.74, 6) is -0.0330. The van der Waals surface area contributed by atoms with Crippen molar-refractivity contribution in [3.05, 3.63) is 52.5 Å². The second-order valence-electron chi connectivity index (χ2n) is 4.72. The third-order valence-electron chi connectivity index (χ3n) is 3.19. The molecule has 3 rings (SSSR count). The van der Waals surface area contributed by atoms with Gasteiger partial charge in [-0.2, -0.15) is 0 Å². The maximum absolute atomic E-state index is 12.2. The minimum atomic E-state index is -0.0330. The zero-order valence-electron chi connectivity index (χ0n) is 10.3. The van der Waals surface area contributed by atoms with Crippen LogP contribution in [0.15, 0.2) is 41.3 Å². The standard InChI is InChI=1S/C14H14BrN3O/c15-11-7-13(18(9-11)12-1-2-12)14(19)17-8-10-3-5-16-6-4-10/h3-7,9,12H,1-2,8H2,(H,17,19). The van der Waals surface area contributed by atoms with Crippen molar-refractivity contribution in [2.75, 3.05) is 0 Å². The molecule has 2 aromatic rings. The molecule has 1 amide bonds. The molecule has 0 bridgehead atoms. The molecule has 0 unspecified atom stereocenters. The number of carbonyl (C=O) groups excluding carboxylic acids is 1. The summed E-state index contributed by atoms with van der Waals surface area (Å²) in [4.78, 5) is 16.2. The van der Waals surface area contributed by atoms with E-state index in [1.54, 1.807) is 12.4 Å². The van der Waals surface area contributed by atoms with Crippen LogP contribution < -0.4 is 5.32 Å². The van der Waals surface area contributed by atoms with Gasteiger partial charge in [0.05, 0.1) is 0 Å². The summed E-state index contributed by atoms with van der Waals surface area (Å²) in [5.41, 5.74) is 1.77. The number of aromatic nitrogens is 2. The van der Waals surface area contributed by atoms with Gasteiger partial charge in [0.1, 0.15) is 5.69 Å². The molecule has 1 N–H and O–H groups in total. The fraction of sp³-hybridized carbons (Fsp3) is 0.286. The predicted molar refractivity (Wildman–Crippen MR) is 75.8 cm³/mol. The lowest BCUT2D eigenvalue weighted by Gasteiger charge is -2.08. The third-order valence-corrected chi connectivity index (χ3v) is 3.62. The lowest BCUT2D eigenvalue weighted by molar-refractivity contribution is 0.0941. The summed E-state index contributed by atoms with van der Waals surface area (Å²) < 4.78 is 3.01. The molecule has 1 fully saturated rings. The molecular formula is C14H14BrN3O. The molecule has 0 spiro atoms.